The summed E-state index contributed by atoms with van der Waals surface area (Å²) in [6.07, 6.45) is 3.54. The van der Waals surface area contributed by atoms with E-state index < -0.39 is 0 Å². The number of ether oxygens (including phenoxy) is 1. The Morgan fingerprint density at radius 3 is 3.20 bits per heavy atom. The summed E-state index contributed by atoms with van der Waals surface area (Å²) in [6, 6.07) is 5.80. The topological polar surface area (TPSA) is 46.8 Å². The van der Waals surface area contributed by atoms with Crippen LogP contribution < -0.4 is 0 Å². The number of carbonyl (C=O) groups excluding carboxylic acids is 1. The predicted octanol–water partition coefficient (Wildman–Crippen LogP) is 1.96. The molecule has 0 saturated carbocycles. The fourth-order valence-corrected chi connectivity index (χ4v) is 2.84. The van der Waals surface area contributed by atoms with Gasteiger partial charge in [0.25, 0.3) is 5.91 Å². The van der Waals surface area contributed by atoms with Gasteiger partial charge < -0.3 is 9.64 Å². The molecule has 2 aromatic rings. The molecule has 0 aliphatic carbocycles. The molecular weight excluding hydrogens is 322 g/mol. The monoisotopic (exact) mass is 337 g/mol. The molecule has 20 heavy (non-hydrogen) atoms. The molecule has 2 unspecified atom stereocenters. The summed E-state index contributed by atoms with van der Waals surface area (Å²) in [6.45, 7) is 3.19. The molecule has 0 N–H and O–H groups in total. The van der Waals surface area contributed by atoms with Crippen LogP contribution in [0.3, 0.4) is 0 Å². The highest BCUT2D eigenvalue weighted by molar-refractivity contribution is 9.09. The minimum absolute atomic E-state index is 0.0213. The third-order valence-electron chi connectivity index (χ3n) is 3.60. The van der Waals surface area contributed by atoms with Crippen molar-refractivity contribution in [1.29, 1.82) is 0 Å². The third-order valence-corrected chi connectivity index (χ3v) is 4.32. The van der Waals surface area contributed by atoms with Crippen LogP contribution in [0.2, 0.25) is 0 Å². The first-order valence-electron chi connectivity index (χ1n) is 6.61. The lowest BCUT2D eigenvalue weighted by atomic mass is 10.1. The maximum Gasteiger partial charge on any atom is 0.258 e. The number of amides is 1. The first kappa shape index (κ1) is 13.6. The van der Waals surface area contributed by atoms with Crippen LogP contribution in [0.4, 0.5) is 0 Å². The zero-order valence-corrected chi connectivity index (χ0v) is 12.8. The van der Waals surface area contributed by atoms with E-state index in [1.54, 1.807) is 10.7 Å². The van der Waals surface area contributed by atoms with Crippen molar-refractivity contribution in [1.82, 2.24) is 14.5 Å². The summed E-state index contributed by atoms with van der Waals surface area (Å²) in [4.78, 5) is 14.6. The van der Waals surface area contributed by atoms with Gasteiger partial charge in [0.1, 0.15) is 0 Å². The Morgan fingerprint density at radius 2 is 2.40 bits per heavy atom. The normalized spacial score (nSPS) is 23.2. The summed E-state index contributed by atoms with van der Waals surface area (Å²) in [5, 5.41) is 4.96. The first-order valence-corrected chi connectivity index (χ1v) is 7.73. The second-order valence-corrected chi connectivity index (χ2v) is 5.65. The van der Waals surface area contributed by atoms with E-state index in [-0.39, 0.29) is 18.1 Å². The van der Waals surface area contributed by atoms with E-state index in [4.69, 9.17) is 4.74 Å². The highest BCUT2D eigenvalue weighted by Crippen LogP contribution is 2.19. The molecule has 5 nitrogen and oxygen atoms in total. The van der Waals surface area contributed by atoms with Crippen LogP contribution in [0.5, 0.6) is 0 Å². The number of nitrogens with zero attached hydrogens (tertiary/aromatic N) is 3. The van der Waals surface area contributed by atoms with Crippen LogP contribution in [-0.2, 0) is 4.74 Å². The lowest BCUT2D eigenvalue weighted by Crippen LogP contribution is -2.51. The molecule has 0 radical (unpaired) electrons. The van der Waals surface area contributed by atoms with Gasteiger partial charge in [-0.2, -0.15) is 5.10 Å². The average Bonchev–Trinajstić information content (AvgIpc) is 2.91. The maximum absolute atomic E-state index is 12.7. The lowest BCUT2D eigenvalue weighted by Gasteiger charge is -2.37. The molecule has 1 aliphatic rings. The molecule has 106 valence electrons. The van der Waals surface area contributed by atoms with Crippen LogP contribution in [0, 0.1) is 0 Å². The van der Waals surface area contributed by atoms with Crippen molar-refractivity contribution in [2.24, 2.45) is 0 Å². The second-order valence-electron chi connectivity index (χ2n) is 5.00. The van der Waals surface area contributed by atoms with E-state index in [0.29, 0.717) is 18.7 Å². The Morgan fingerprint density at radius 1 is 1.55 bits per heavy atom. The highest BCUT2D eigenvalue weighted by atomic mass is 79.9. The van der Waals surface area contributed by atoms with Crippen molar-refractivity contribution in [3.05, 3.63) is 36.2 Å². The predicted molar refractivity (Wildman–Crippen MR) is 79.2 cm³/mol. The van der Waals surface area contributed by atoms with E-state index in [1.165, 1.54) is 0 Å². The van der Waals surface area contributed by atoms with Gasteiger partial charge in [0.2, 0.25) is 0 Å². The molecule has 1 amide bonds. The molecular formula is C14H16BrN3O2. The number of rotatable bonds is 2. The molecule has 1 aliphatic heterocycles. The molecule has 1 fully saturated rings. The Balaban J connectivity index is 1.91. The minimum atomic E-state index is 0.0213. The number of hydrogen-bond donors (Lipinski definition) is 0. The fraction of sp³-hybridized carbons (Fsp3) is 0.429. The molecule has 0 aromatic carbocycles. The second kappa shape index (κ2) is 5.54. The van der Waals surface area contributed by atoms with Gasteiger partial charge in [-0.15, -0.1) is 0 Å². The van der Waals surface area contributed by atoms with Crippen molar-refractivity contribution in [3.63, 3.8) is 0 Å². The van der Waals surface area contributed by atoms with Crippen LogP contribution in [0.25, 0.3) is 5.52 Å². The molecule has 1 saturated heterocycles. The number of halogens is 1. The van der Waals surface area contributed by atoms with Crippen molar-refractivity contribution in [2.75, 3.05) is 18.5 Å². The SMILES string of the molecule is CC1COC(CBr)CN1C(=O)c1cnn2ccccc12. The van der Waals surface area contributed by atoms with Gasteiger partial charge in [-0.05, 0) is 19.1 Å². The summed E-state index contributed by atoms with van der Waals surface area (Å²) in [5.74, 6) is 0.0213. The van der Waals surface area contributed by atoms with E-state index in [0.717, 1.165) is 10.8 Å². The van der Waals surface area contributed by atoms with Crippen molar-refractivity contribution in [2.45, 2.75) is 19.1 Å². The van der Waals surface area contributed by atoms with Gasteiger partial charge >= 0.3 is 0 Å². The van der Waals surface area contributed by atoms with Gasteiger partial charge in [-0.3, -0.25) is 4.79 Å². The number of morpholine rings is 1. The number of carbonyl (C=O) groups is 1. The number of hydrogen-bond acceptors (Lipinski definition) is 3. The van der Waals surface area contributed by atoms with Crippen molar-refractivity contribution < 1.29 is 9.53 Å². The Bertz CT molecular complexity index is 628. The first-order chi connectivity index (χ1) is 9.70. The van der Waals surface area contributed by atoms with E-state index in [1.807, 2.05) is 36.2 Å². The van der Waals surface area contributed by atoms with Crippen molar-refractivity contribution in [3.8, 4) is 0 Å². The lowest BCUT2D eigenvalue weighted by molar-refractivity contribution is -0.0360. The zero-order valence-electron chi connectivity index (χ0n) is 11.2. The van der Waals surface area contributed by atoms with Crippen molar-refractivity contribution >= 4 is 27.4 Å². The average molecular weight is 338 g/mol. The van der Waals surface area contributed by atoms with E-state index >= 15 is 0 Å². The quantitative estimate of drug-likeness (QED) is 0.787. The smallest absolute Gasteiger partial charge is 0.258 e. The largest absolute Gasteiger partial charge is 0.373 e. The van der Waals surface area contributed by atoms with Crippen LogP contribution in [0.1, 0.15) is 17.3 Å². The summed E-state index contributed by atoms with van der Waals surface area (Å²) in [7, 11) is 0. The number of alkyl halides is 1. The molecule has 6 heteroatoms. The minimum Gasteiger partial charge on any atom is -0.373 e. The molecule has 3 rings (SSSR count). The summed E-state index contributed by atoms with van der Waals surface area (Å²) >= 11 is 3.42. The van der Waals surface area contributed by atoms with Gasteiger partial charge in [-0.1, -0.05) is 22.0 Å². The standard InChI is InChI=1S/C14H16BrN3O2/c1-10-9-20-11(6-15)8-17(10)14(19)12-7-16-18-5-3-2-4-13(12)18/h2-5,7,10-11H,6,8-9H2,1H3. The Kier molecular flexibility index (Phi) is 3.76. The fourth-order valence-electron chi connectivity index (χ4n) is 2.45. The molecule has 0 bridgehead atoms. The third kappa shape index (κ3) is 2.33. The maximum atomic E-state index is 12.7. The number of aromatic nitrogens is 2. The molecule has 3 heterocycles. The molecule has 2 aromatic heterocycles. The van der Waals surface area contributed by atoms with Crippen LogP contribution in [-0.4, -0.2) is 51.0 Å². The van der Waals surface area contributed by atoms with E-state index in [9.17, 15) is 4.79 Å². The number of fused-ring (bicyclic) bond motifs is 1. The zero-order chi connectivity index (χ0) is 14.1. The van der Waals surface area contributed by atoms with Gasteiger partial charge in [0.05, 0.1) is 36.0 Å². The van der Waals surface area contributed by atoms with Crippen LogP contribution in [0.15, 0.2) is 30.6 Å². The van der Waals surface area contributed by atoms with Gasteiger partial charge in [0, 0.05) is 18.1 Å². The van der Waals surface area contributed by atoms with Gasteiger partial charge in [-0.25, -0.2) is 4.52 Å². The van der Waals surface area contributed by atoms with Crippen LogP contribution >= 0.6 is 15.9 Å². The highest BCUT2D eigenvalue weighted by Gasteiger charge is 2.30. The number of pyridine rings is 1. The molecule has 0 spiro atoms. The summed E-state index contributed by atoms with van der Waals surface area (Å²) < 4.78 is 7.39. The summed E-state index contributed by atoms with van der Waals surface area (Å²) in [5.41, 5.74) is 1.49. The van der Waals surface area contributed by atoms with E-state index in [2.05, 4.69) is 21.0 Å². The Labute approximate surface area is 125 Å². The Hall–Kier alpha value is -1.40. The molecule has 2 atom stereocenters. The van der Waals surface area contributed by atoms with Gasteiger partial charge in [0.15, 0.2) is 0 Å².